The highest BCUT2D eigenvalue weighted by atomic mass is 15.1. The predicted octanol–water partition coefficient (Wildman–Crippen LogP) is 1.18. The number of nitrogens with zero attached hydrogens (tertiary/aromatic N) is 1. The van der Waals surface area contributed by atoms with Crippen LogP contribution in [-0.4, -0.2) is 37.6 Å². The van der Waals surface area contributed by atoms with E-state index in [2.05, 4.69) is 31.0 Å². The summed E-state index contributed by atoms with van der Waals surface area (Å²) in [5.41, 5.74) is 0. The molecule has 0 atom stereocenters. The Morgan fingerprint density at radius 3 is 2.40 bits per heavy atom. The Morgan fingerprint density at radius 2 is 2.10 bits per heavy atom. The summed E-state index contributed by atoms with van der Waals surface area (Å²) >= 11 is 0. The molecular weight excluding hydrogens is 124 g/mol. The fourth-order valence-electron chi connectivity index (χ4n) is 1.04. The van der Waals surface area contributed by atoms with E-state index >= 15 is 0 Å². The molecule has 10 heavy (non-hydrogen) atoms. The van der Waals surface area contributed by atoms with Gasteiger partial charge in [0.05, 0.1) is 0 Å². The number of hydrogen-bond donors (Lipinski definition) is 1. The molecule has 0 saturated heterocycles. The van der Waals surface area contributed by atoms with Gasteiger partial charge in [0.2, 0.25) is 0 Å². The Bertz CT molecular complexity index is 76.5. The van der Waals surface area contributed by atoms with Gasteiger partial charge in [0, 0.05) is 20.6 Å². The molecule has 0 aromatic carbocycles. The van der Waals surface area contributed by atoms with Crippen LogP contribution in [0, 0.1) is 0 Å². The quantitative estimate of drug-likeness (QED) is 0.626. The molecule has 0 heterocycles. The fraction of sp³-hybridized carbons (Fsp3) is 1.00. The minimum Gasteiger partial charge on any atom is -0.318 e. The number of nitrogens with one attached hydrogen (secondary N) is 1. The molecule has 0 aliphatic carbocycles. The minimum atomic E-state index is 0. The van der Waals surface area contributed by atoms with Crippen molar-refractivity contribution in [1.82, 2.24) is 10.2 Å². The second-order valence-electron chi connectivity index (χ2n) is 2.83. The van der Waals surface area contributed by atoms with E-state index in [1.165, 1.54) is 0 Å². The molecule has 0 aliphatic heterocycles. The summed E-state index contributed by atoms with van der Waals surface area (Å²) in [5.74, 6) is 0. The molecule has 0 fully saturated rings. The monoisotopic (exact) mass is 146 g/mol. The van der Waals surface area contributed by atoms with Crippen LogP contribution < -0.4 is 5.32 Å². The Kier molecular flexibility index (Phi) is 5.64. The van der Waals surface area contributed by atoms with E-state index < -0.39 is 0 Å². The van der Waals surface area contributed by atoms with Crippen LogP contribution >= 0.6 is 0 Å². The van der Waals surface area contributed by atoms with Gasteiger partial charge < -0.3 is 5.32 Å². The van der Waals surface area contributed by atoms with Crippen LogP contribution in [-0.2, 0) is 0 Å². The molecule has 0 aromatic heterocycles. The molecule has 0 amide bonds. The standard InChI is InChI=1S/C8H20N2.H2/c1-5-10(8(2)3)7-6-9-4;/h8-9H,5-7H2,1-4H3;1H. The Balaban J connectivity index is 0. The van der Waals surface area contributed by atoms with Gasteiger partial charge in [-0.15, -0.1) is 0 Å². The normalized spacial score (nSPS) is 11.4. The van der Waals surface area contributed by atoms with Crippen LogP contribution in [0.25, 0.3) is 0 Å². The van der Waals surface area contributed by atoms with Crippen molar-refractivity contribution in [3.05, 3.63) is 0 Å². The van der Waals surface area contributed by atoms with E-state index in [-0.39, 0.29) is 1.43 Å². The smallest absolute Gasteiger partial charge is 0.0109 e. The average molecular weight is 146 g/mol. The predicted molar refractivity (Wildman–Crippen MR) is 48.4 cm³/mol. The molecule has 2 nitrogen and oxygen atoms in total. The van der Waals surface area contributed by atoms with Crippen molar-refractivity contribution in [3.63, 3.8) is 0 Å². The van der Waals surface area contributed by atoms with Crippen molar-refractivity contribution in [2.45, 2.75) is 26.8 Å². The summed E-state index contributed by atoms with van der Waals surface area (Å²) in [4.78, 5) is 2.44. The van der Waals surface area contributed by atoms with Crippen molar-refractivity contribution >= 4 is 0 Å². The third-order valence-corrected chi connectivity index (χ3v) is 1.79. The summed E-state index contributed by atoms with van der Waals surface area (Å²) < 4.78 is 0. The highest BCUT2D eigenvalue weighted by molar-refractivity contribution is 4.60. The summed E-state index contributed by atoms with van der Waals surface area (Å²) in [5, 5.41) is 3.15. The van der Waals surface area contributed by atoms with Gasteiger partial charge in [-0.3, -0.25) is 4.90 Å². The molecule has 0 unspecified atom stereocenters. The average Bonchev–Trinajstić information content (AvgIpc) is 1.89. The lowest BCUT2D eigenvalue weighted by molar-refractivity contribution is 0.236. The molecule has 0 bridgehead atoms. The van der Waals surface area contributed by atoms with E-state index in [0.29, 0.717) is 6.04 Å². The Hall–Kier alpha value is -0.0800. The third kappa shape index (κ3) is 3.85. The van der Waals surface area contributed by atoms with Gasteiger partial charge in [0.1, 0.15) is 0 Å². The number of hydrogen-bond acceptors (Lipinski definition) is 2. The van der Waals surface area contributed by atoms with Crippen LogP contribution in [0.5, 0.6) is 0 Å². The summed E-state index contributed by atoms with van der Waals surface area (Å²) in [6.45, 7) is 10.1. The van der Waals surface area contributed by atoms with Crippen molar-refractivity contribution in [2.24, 2.45) is 0 Å². The number of rotatable bonds is 5. The molecule has 64 valence electrons. The van der Waals surface area contributed by atoms with E-state index in [4.69, 9.17) is 0 Å². The van der Waals surface area contributed by atoms with Crippen molar-refractivity contribution in [3.8, 4) is 0 Å². The summed E-state index contributed by atoms with van der Waals surface area (Å²) in [6, 6.07) is 0.679. The topological polar surface area (TPSA) is 15.3 Å². The minimum absolute atomic E-state index is 0. The van der Waals surface area contributed by atoms with Gasteiger partial charge in [0.25, 0.3) is 0 Å². The van der Waals surface area contributed by atoms with Gasteiger partial charge >= 0.3 is 0 Å². The maximum atomic E-state index is 3.15. The molecule has 2 heteroatoms. The zero-order valence-electron chi connectivity index (χ0n) is 7.65. The zero-order chi connectivity index (χ0) is 7.98. The van der Waals surface area contributed by atoms with Crippen LogP contribution in [0.4, 0.5) is 0 Å². The van der Waals surface area contributed by atoms with Crippen molar-refractivity contribution in [1.29, 1.82) is 0 Å². The van der Waals surface area contributed by atoms with E-state index in [1.807, 2.05) is 7.05 Å². The second kappa shape index (κ2) is 5.69. The lowest BCUT2D eigenvalue weighted by atomic mass is 10.3. The second-order valence-corrected chi connectivity index (χ2v) is 2.83. The maximum Gasteiger partial charge on any atom is 0.0109 e. The zero-order valence-corrected chi connectivity index (χ0v) is 7.65. The molecule has 0 aromatic rings. The first-order valence-electron chi connectivity index (χ1n) is 4.11. The SMILES string of the molecule is CCN(CCNC)C(C)C.[HH]. The van der Waals surface area contributed by atoms with Gasteiger partial charge in [-0.05, 0) is 27.4 Å². The van der Waals surface area contributed by atoms with Gasteiger partial charge in [-0.2, -0.15) is 0 Å². The first-order chi connectivity index (χ1) is 4.72. The first-order valence-corrected chi connectivity index (χ1v) is 4.11. The van der Waals surface area contributed by atoms with Crippen LogP contribution in [0.2, 0.25) is 0 Å². The molecule has 0 rings (SSSR count). The van der Waals surface area contributed by atoms with Gasteiger partial charge in [-0.25, -0.2) is 0 Å². The summed E-state index contributed by atoms with van der Waals surface area (Å²) in [7, 11) is 1.99. The van der Waals surface area contributed by atoms with Crippen molar-refractivity contribution < 1.29 is 1.43 Å². The van der Waals surface area contributed by atoms with Crippen molar-refractivity contribution in [2.75, 3.05) is 26.7 Å². The lowest BCUT2D eigenvalue weighted by Crippen LogP contribution is -2.35. The summed E-state index contributed by atoms with van der Waals surface area (Å²) in [6.07, 6.45) is 0. The fourth-order valence-corrected chi connectivity index (χ4v) is 1.04. The van der Waals surface area contributed by atoms with E-state index in [0.717, 1.165) is 19.6 Å². The molecule has 0 radical (unpaired) electrons. The Labute approximate surface area is 66.1 Å². The molecule has 0 saturated carbocycles. The third-order valence-electron chi connectivity index (χ3n) is 1.79. The largest absolute Gasteiger partial charge is 0.318 e. The first kappa shape index (κ1) is 9.92. The highest BCUT2D eigenvalue weighted by Gasteiger charge is 2.03. The molecule has 1 N–H and O–H groups in total. The van der Waals surface area contributed by atoms with E-state index in [9.17, 15) is 0 Å². The van der Waals surface area contributed by atoms with Crippen LogP contribution in [0.1, 0.15) is 22.2 Å². The Morgan fingerprint density at radius 1 is 1.50 bits per heavy atom. The molecule has 0 spiro atoms. The van der Waals surface area contributed by atoms with Crippen LogP contribution in [0.15, 0.2) is 0 Å². The lowest BCUT2D eigenvalue weighted by Gasteiger charge is -2.24. The maximum absolute atomic E-state index is 3.15. The number of likely N-dealkylation sites (N-methyl/N-ethyl adjacent to an activating group) is 2. The van der Waals surface area contributed by atoms with E-state index in [1.54, 1.807) is 0 Å². The van der Waals surface area contributed by atoms with Gasteiger partial charge in [0.15, 0.2) is 0 Å². The molecule has 0 aliphatic rings. The van der Waals surface area contributed by atoms with Gasteiger partial charge in [-0.1, -0.05) is 6.92 Å². The molecular formula is C8H22N2. The van der Waals surface area contributed by atoms with Crippen LogP contribution in [0.3, 0.4) is 0 Å². The highest BCUT2D eigenvalue weighted by Crippen LogP contribution is 1.94.